The first-order valence-electron chi connectivity index (χ1n) is 6.97. The quantitative estimate of drug-likeness (QED) is 0.645. The Balaban J connectivity index is 2.30. The van der Waals surface area contributed by atoms with Crippen molar-refractivity contribution in [1.82, 2.24) is 4.98 Å². The van der Waals surface area contributed by atoms with Crippen LogP contribution in [0.1, 0.15) is 26.3 Å². The molecule has 1 aromatic carbocycles. The monoisotopic (exact) mass is 351 g/mol. The van der Waals surface area contributed by atoms with Gasteiger partial charge in [0.2, 0.25) is 0 Å². The predicted molar refractivity (Wildman–Crippen MR) is 88.5 cm³/mol. The number of benzene rings is 1. The van der Waals surface area contributed by atoms with Gasteiger partial charge in [-0.3, -0.25) is 14.8 Å². The molecule has 1 aromatic heterocycles. The Morgan fingerprint density at radius 1 is 1.21 bits per heavy atom. The van der Waals surface area contributed by atoms with Crippen LogP contribution < -0.4 is 4.72 Å². The second-order valence-corrected chi connectivity index (χ2v) is 7.88. The van der Waals surface area contributed by atoms with Crippen LogP contribution in [0, 0.1) is 10.1 Å². The average molecular weight is 351 g/mol. The first-order chi connectivity index (χ1) is 11.0. The molecule has 0 fully saturated rings. The fraction of sp³-hybridized carbons (Fsp3) is 0.267. The van der Waals surface area contributed by atoms with Gasteiger partial charge in [-0.15, -0.1) is 0 Å². The Labute approximate surface area is 139 Å². The molecule has 2 aromatic rings. The summed E-state index contributed by atoms with van der Waals surface area (Å²) in [5.74, 6) is -1.00. The Morgan fingerprint density at radius 3 is 2.25 bits per heavy atom. The maximum atomic E-state index is 12.3. The number of pyridine rings is 1. The number of rotatable bonds is 4. The molecule has 0 atom stereocenters. The highest BCUT2D eigenvalue weighted by Crippen LogP contribution is 2.28. The van der Waals surface area contributed by atoms with Crippen LogP contribution in [0.15, 0.2) is 41.4 Å². The number of nitro groups is 1. The molecular formula is C15H17N3O5S. The first-order valence-corrected chi connectivity index (χ1v) is 8.46. The van der Waals surface area contributed by atoms with E-state index in [0.29, 0.717) is 0 Å². The molecule has 0 saturated carbocycles. The van der Waals surface area contributed by atoms with Crippen molar-refractivity contribution in [2.24, 2.45) is 0 Å². The zero-order chi connectivity index (χ0) is 18.1. The number of sulfonamides is 1. The van der Waals surface area contributed by atoms with E-state index in [1.807, 2.05) is 20.8 Å². The maximum absolute atomic E-state index is 12.3. The molecule has 0 bridgehead atoms. The van der Waals surface area contributed by atoms with Gasteiger partial charge in [-0.1, -0.05) is 32.9 Å². The molecule has 2 rings (SSSR count). The second kappa shape index (κ2) is 6.08. The molecular weight excluding hydrogens is 334 g/mol. The normalized spacial score (nSPS) is 12.0. The molecule has 2 N–H and O–H groups in total. The van der Waals surface area contributed by atoms with Crippen LogP contribution in [0.25, 0.3) is 0 Å². The van der Waals surface area contributed by atoms with Crippen molar-refractivity contribution in [3.63, 3.8) is 0 Å². The van der Waals surface area contributed by atoms with Gasteiger partial charge < -0.3 is 5.11 Å². The van der Waals surface area contributed by atoms with Crippen LogP contribution in [-0.2, 0) is 15.4 Å². The Bertz CT molecular complexity index is 871. The lowest BCUT2D eigenvalue weighted by molar-refractivity contribution is -0.385. The molecule has 9 heteroatoms. The van der Waals surface area contributed by atoms with Crippen LogP contribution in [0.3, 0.4) is 0 Å². The highest BCUT2D eigenvalue weighted by Gasteiger charge is 2.20. The largest absolute Gasteiger partial charge is 0.504 e. The summed E-state index contributed by atoms with van der Waals surface area (Å²) in [6.07, 6.45) is 0.861. The van der Waals surface area contributed by atoms with Crippen molar-refractivity contribution in [2.45, 2.75) is 31.1 Å². The van der Waals surface area contributed by atoms with Crippen molar-refractivity contribution >= 4 is 21.5 Å². The van der Waals surface area contributed by atoms with E-state index >= 15 is 0 Å². The van der Waals surface area contributed by atoms with Crippen molar-refractivity contribution < 1.29 is 18.4 Å². The summed E-state index contributed by atoms with van der Waals surface area (Å²) in [5, 5.41) is 20.3. The van der Waals surface area contributed by atoms with Gasteiger partial charge in [0.25, 0.3) is 15.7 Å². The van der Waals surface area contributed by atoms with Gasteiger partial charge >= 0.3 is 0 Å². The molecule has 24 heavy (non-hydrogen) atoms. The summed E-state index contributed by atoms with van der Waals surface area (Å²) in [4.78, 5) is 13.4. The molecule has 0 aliphatic rings. The van der Waals surface area contributed by atoms with Crippen LogP contribution in [0.4, 0.5) is 11.5 Å². The number of anilines is 1. The molecule has 1 heterocycles. The number of hydrogen-bond acceptors (Lipinski definition) is 6. The van der Waals surface area contributed by atoms with E-state index in [0.717, 1.165) is 17.8 Å². The van der Waals surface area contributed by atoms with Crippen LogP contribution >= 0.6 is 0 Å². The smallest absolute Gasteiger partial charge is 0.291 e. The number of aromatic nitrogens is 1. The van der Waals surface area contributed by atoms with E-state index in [9.17, 15) is 23.6 Å². The van der Waals surface area contributed by atoms with Gasteiger partial charge in [0, 0.05) is 0 Å². The number of hydrogen-bond donors (Lipinski definition) is 2. The van der Waals surface area contributed by atoms with E-state index in [2.05, 4.69) is 9.71 Å². The Hall–Kier alpha value is -2.68. The van der Waals surface area contributed by atoms with E-state index in [1.165, 1.54) is 12.1 Å². The molecule has 0 aliphatic heterocycles. The first kappa shape index (κ1) is 17.7. The molecule has 128 valence electrons. The SMILES string of the molecule is CC(C)(C)c1ccc(S(=O)(=O)Nc2ncc([N+](=O)[O-])cc2O)cc1. The van der Waals surface area contributed by atoms with Crippen molar-refractivity contribution in [2.75, 3.05) is 4.72 Å². The lowest BCUT2D eigenvalue weighted by Crippen LogP contribution is -2.15. The lowest BCUT2D eigenvalue weighted by Gasteiger charge is -2.19. The summed E-state index contributed by atoms with van der Waals surface area (Å²) in [5.41, 5.74) is 0.413. The summed E-state index contributed by atoms with van der Waals surface area (Å²) in [6, 6.07) is 7.14. The average Bonchev–Trinajstić information content (AvgIpc) is 2.48. The Kier molecular flexibility index (Phi) is 4.48. The van der Waals surface area contributed by atoms with Crippen LogP contribution in [0.5, 0.6) is 5.75 Å². The molecule has 0 saturated heterocycles. The van der Waals surface area contributed by atoms with Crippen LogP contribution in [0.2, 0.25) is 0 Å². The highest BCUT2D eigenvalue weighted by molar-refractivity contribution is 7.92. The van der Waals surface area contributed by atoms with Gasteiger partial charge in [0.1, 0.15) is 6.20 Å². The fourth-order valence-corrected chi connectivity index (χ4v) is 2.97. The molecule has 0 amide bonds. The number of aromatic hydroxyl groups is 1. The summed E-state index contributed by atoms with van der Waals surface area (Å²) in [7, 11) is -3.97. The third-order valence-corrected chi connectivity index (χ3v) is 4.68. The van der Waals surface area contributed by atoms with Crippen LogP contribution in [-0.4, -0.2) is 23.4 Å². The zero-order valence-corrected chi connectivity index (χ0v) is 14.2. The van der Waals surface area contributed by atoms with Crippen molar-refractivity contribution in [1.29, 1.82) is 0 Å². The zero-order valence-electron chi connectivity index (χ0n) is 13.3. The maximum Gasteiger partial charge on any atom is 0.291 e. The van der Waals surface area contributed by atoms with E-state index in [1.54, 1.807) is 12.1 Å². The van der Waals surface area contributed by atoms with Gasteiger partial charge in [-0.2, -0.15) is 0 Å². The van der Waals surface area contributed by atoms with Gasteiger partial charge in [-0.05, 0) is 23.1 Å². The van der Waals surface area contributed by atoms with Crippen molar-refractivity contribution in [3.05, 3.63) is 52.2 Å². The minimum absolute atomic E-state index is 0.00458. The molecule has 0 aliphatic carbocycles. The van der Waals surface area contributed by atoms with Gasteiger partial charge in [-0.25, -0.2) is 13.4 Å². The third kappa shape index (κ3) is 3.80. The lowest BCUT2D eigenvalue weighted by atomic mass is 9.87. The number of nitrogens with zero attached hydrogens (tertiary/aromatic N) is 2. The molecule has 8 nitrogen and oxygen atoms in total. The Morgan fingerprint density at radius 2 is 1.79 bits per heavy atom. The molecule has 0 spiro atoms. The third-order valence-electron chi connectivity index (χ3n) is 3.33. The minimum atomic E-state index is -3.97. The number of nitrogens with one attached hydrogen (secondary N) is 1. The highest BCUT2D eigenvalue weighted by atomic mass is 32.2. The molecule has 0 radical (unpaired) electrons. The van der Waals surface area contributed by atoms with E-state index in [-0.39, 0.29) is 16.1 Å². The summed E-state index contributed by atoms with van der Waals surface area (Å²) >= 11 is 0. The van der Waals surface area contributed by atoms with Crippen molar-refractivity contribution in [3.8, 4) is 5.75 Å². The second-order valence-electron chi connectivity index (χ2n) is 6.20. The predicted octanol–water partition coefficient (Wildman–Crippen LogP) is 2.79. The minimum Gasteiger partial charge on any atom is -0.504 e. The summed E-state index contributed by atoms with van der Waals surface area (Å²) < 4.78 is 26.8. The van der Waals surface area contributed by atoms with Gasteiger partial charge in [0.15, 0.2) is 11.6 Å². The topological polar surface area (TPSA) is 122 Å². The fourth-order valence-electron chi connectivity index (χ4n) is 1.94. The van der Waals surface area contributed by atoms with Gasteiger partial charge in [0.05, 0.1) is 15.9 Å². The van der Waals surface area contributed by atoms with E-state index in [4.69, 9.17) is 0 Å². The molecule has 0 unspecified atom stereocenters. The summed E-state index contributed by atoms with van der Waals surface area (Å²) in [6.45, 7) is 6.02. The standard InChI is InChI=1S/C15H17N3O5S/c1-15(2,3)10-4-6-12(7-5-10)24(22,23)17-14-13(19)8-11(9-16-14)18(20)21/h4-9,19H,1-3H3,(H,16,17). The van der Waals surface area contributed by atoms with E-state index < -0.39 is 26.4 Å².